The van der Waals surface area contributed by atoms with Gasteiger partial charge in [-0.1, -0.05) is 0 Å². The molecule has 4 heterocycles. The molecule has 0 unspecified atom stereocenters. The summed E-state index contributed by atoms with van der Waals surface area (Å²) in [5.74, 6) is 0.122. The van der Waals surface area contributed by atoms with Crippen LogP contribution in [0.5, 0.6) is 0 Å². The molecule has 2 fully saturated rings. The van der Waals surface area contributed by atoms with Crippen molar-refractivity contribution in [3.8, 4) is 0 Å². The molecule has 1 N–H and O–H groups in total. The number of hydrogen-bond acceptors (Lipinski definition) is 4. The van der Waals surface area contributed by atoms with E-state index >= 15 is 0 Å². The topological polar surface area (TPSA) is 76.5 Å². The fourth-order valence-corrected chi connectivity index (χ4v) is 4.25. The highest BCUT2D eigenvalue weighted by molar-refractivity contribution is 5.95. The lowest BCUT2D eigenvalue weighted by Gasteiger charge is -2.47. The monoisotopic (exact) mass is 332 g/mol. The van der Waals surface area contributed by atoms with E-state index in [1.54, 1.807) is 0 Å². The third-order valence-electron chi connectivity index (χ3n) is 5.41. The lowest BCUT2D eigenvalue weighted by Crippen LogP contribution is -2.68. The van der Waals surface area contributed by atoms with Gasteiger partial charge in [0.15, 0.2) is 0 Å². The van der Waals surface area contributed by atoms with Crippen molar-refractivity contribution in [2.75, 3.05) is 13.1 Å². The van der Waals surface area contributed by atoms with E-state index < -0.39 is 0 Å². The molecule has 0 aliphatic carbocycles. The van der Waals surface area contributed by atoms with Crippen LogP contribution in [-0.2, 0) is 22.5 Å². The van der Waals surface area contributed by atoms with Gasteiger partial charge >= 0.3 is 0 Å². The first kappa shape index (κ1) is 15.6. The first-order valence-corrected chi connectivity index (χ1v) is 8.78. The molecule has 0 aromatic carbocycles. The van der Waals surface area contributed by atoms with E-state index in [2.05, 4.69) is 10.4 Å². The highest BCUT2D eigenvalue weighted by Crippen LogP contribution is 2.35. The lowest BCUT2D eigenvalue weighted by atomic mass is 9.87. The second-order valence-electron chi connectivity index (χ2n) is 7.31. The average Bonchev–Trinajstić information content (AvgIpc) is 3.06. The van der Waals surface area contributed by atoms with E-state index in [0.717, 1.165) is 24.1 Å². The quantitative estimate of drug-likeness (QED) is 0.878. The Balaban J connectivity index is 1.60. The number of fused-ring (bicyclic) bond motifs is 1. The van der Waals surface area contributed by atoms with Gasteiger partial charge in [0.05, 0.1) is 23.4 Å². The Labute approximate surface area is 141 Å². The van der Waals surface area contributed by atoms with E-state index in [1.807, 2.05) is 30.4 Å². The molecular formula is C17H24N4O3. The van der Waals surface area contributed by atoms with Crippen LogP contribution in [0.1, 0.15) is 61.5 Å². The number of aryl methyl sites for hydroxylation is 1. The standard InChI is InChI=1S/C17H24N4O3/c1-4-21-15(12-7-10(2)24-11(3)14(12)19-21)16(23)20-8-17(9-20)6-5-13(22)18-17/h10-11H,4-9H2,1-3H3,(H,18,22)/t10-,11+/m0/s1. The maximum absolute atomic E-state index is 13.1. The maximum atomic E-state index is 13.1. The summed E-state index contributed by atoms with van der Waals surface area (Å²) in [6.45, 7) is 7.88. The minimum atomic E-state index is -0.187. The van der Waals surface area contributed by atoms with Gasteiger partial charge in [-0.25, -0.2) is 0 Å². The number of hydrogen-bond donors (Lipinski definition) is 1. The number of aromatic nitrogens is 2. The second kappa shape index (κ2) is 5.31. The van der Waals surface area contributed by atoms with Crippen LogP contribution >= 0.6 is 0 Å². The molecule has 2 amide bonds. The van der Waals surface area contributed by atoms with Crippen LogP contribution < -0.4 is 5.32 Å². The van der Waals surface area contributed by atoms with Gasteiger partial charge in [-0.3, -0.25) is 14.3 Å². The molecule has 3 aliphatic rings. The Hall–Kier alpha value is -1.89. The average molecular weight is 332 g/mol. The molecule has 3 aliphatic heterocycles. The van der Waals surface area contributed by atoms with E-state index in [-0.39, 0.29) is 29.6 Å². The Morgan fingerprint density at radius 3 is 2.79 bits per heavy atom. The van der Waals surface area contributed by atoms with E-state index in [1.165, 1.54) is 0 Å². The molecule has 2 saturated heterocycles. The maximum Gasteiger partial charge on any atom is 0.272 e. The molecule has 2 atom stereocenters. The van der Waals surface area contributed by atoms with Crippen molar-refractivity contribution in [2.45, 2.75) is 64.3 Å². The van der Waals surface area contributed by atoms with Gasteiger partial charge in [0.2, 0.25) is 5.91 Å². The molecule has 24 heavy (non-hydrogen) atoms. The molecule has 7 nitrogen and oxygen atoms in total. The first-order chi connectivity index (χ1) is 11.4. The van der Waals surface area contributed by atoms with E-state index in [4.69, 9.17) is 4.74 Å². The van der Waals surface area contributed by atoms with Crippen molar-refractivity contribution in [1.29, 1.82) is 0 Å². The smallest absolute Gasteiger partial charge is 0.272 e. The van der Waals surface area contributed by atoms with E-state index in [0.29, 0.717) is 31.7 Å². The van der Waals surface area contributed by atoms with Crippen molar-refractivity contribution in [3.05, 3.63) is 17.0 Å². The molecular weight excluding hydrogens is 308 g/mol. The van der Waals surface area contributed by atoms with Gasteiger partial charge in [-0.15, -0.1) is 0 Å². The van der Waals surface area contributed by atoms with Gasteiger partial charge in [0, 0.05) is 38.0 Å². The van der Waals surface area contributed by atoms with Gasteiger partial charge in [0.25, 0.3) is 5.91 Å². The predicted octanol–water partition coefficient (Wildman–Crippen LogP) is 1.03. The number of ether oxygens (including phenoxy) is 1. The third kappa shape index (κ3) is 2.25. The number of carbonyl (C=O) groups is 2. The number of nitrogens with one attached hydrogen (secondary N) is 1. The molecule has 0 saturated carbocycles. The SMILES string of the molecule is CCn1nc2c(c1C(=O)N1CC3(CCC(=O)N3)C1)C[C@H](C)O[C@@H]2C. The highest BCUT2D eigenvalue weighted by Gasteiger charge is 2.50. The Bertz CT molecular complexity index is 705. The number of likely N-dealkylation sites (tertiary alicyclic amines) is 1. The van der Waals surface area contributed by atoms with Crippen LogP contribution in [-0.4, -0.2) is 51.2 Å². The Morgan fingerprint density at radius 2 is 2.17 bits per heavy atom. The number of carbonyl (C=O) groups excluding carboxylic acids is 2. The minimum absolute atomic E-state index is 0.0265. The molecule has 0 bridgehead atoms. The zero-order valence-electron chi connectivity index (χ0n) is 14.5. The summed E-state index contributed by atoms with van der Waals surface area (Å²) in [7, 11) is 0. The number of nitrogens with zero attached hydrogens (tertiary/aromatic N) is 3. The van der Waals surface area contributed by atoms with Crippen LogP contribution in [0.3, 0.4) is 0 Å². The zero-order valence-corrected chi connectivity index (χ0v) is 14.5. The van der Waals surface area contributed by atoms with Crippen LogP contribution in [0, 0.1) is 0 Å². The summed E-state index contributed by atoms with van der Waals surface area (Å²) >= 11 is 0. The van der Waals surface area contributed by atoms with Crippen LogP contribution in [0.25, 0.3) is 0 Å². The first-order valence-electron chi connectivity index (χ1n) is 8.78. The molecule has 1 aromatic heterocycles. The molecule has 130 valence electrons. The normalized spacial score (nSPS) is 27.8. The number of amides is 2. The summed E-state index contributed by atoms with van der Waals surface area (Å²) in [5.41, 5.74) is 2.44. The molecule has 4 rings (SSSR count). The van der Waals surface area contributed by atoms with Crippen molar-refractivity contribution in [3.63, 3.8) is 0 Å². The molecule has 1 spiro atoms. The van der Waals surface area contributed by atoms with Crippen molar-refractivity contribution in [1.82, 2.24) is 20.0 Å². The Kier molecular flexibility index (Phi) is 3.46. The van der Waals surface area contributed by atoms with Gasteiger partial charge in [-0.05, 0) is 27.2 Å². The summed E-state index contributed by atoms with van der Waals surface area (Å²) < 4.78 is 7.65. The zero-order chi connectivity index (χ0) is 17.1. The highest BCUT2D eigenvalue weighted by atomic mass is 16.5. The van der Waals surface area contributed by atoms with Gasteiger partial charge in [-0.2, -0.15) is 5.10 Å². The van der Waals surface area contributed by atoms with Crippen molar-refractivity contribution < 1.29 is 14.3 Å². The largest absolute Gasteiger partial charge is 0.369 e. The molecule has 0 radical (unpaired) electrons. The fraction of sp³-hybridized carbons (Fsp3) is 0.706. The lowest BCUT2D eigenvalue weighted by molar-refractivity contribution is -0.120. The van der Waals surface area contributed by atoms with Crippen LogP contribution in [0.2, 0.25) is 0 Å². The predicted molar refractivity (Wildman–Crippen MR) is 86.6 cm³/mol. The third-order valence-corrected chi connectivity index (χ3v) is 5.41. The minimum Gasteiger partial charge on any atom is -0.369 e. The summed E-state index contributed by atoms with van der Waals surface area (Å²) in [6.07, 6.45) is 2.11. The van der Waals surface area contributed by atoms with Gasteiger partial charge in [0.1, 0.15) is 5.69 Å². The summed E-state index contributed by atoms with van der Waals surface area (Å²) in [5, 5.41) is 7.65. The molecule has 1 aromatic rings. The van der Waals surface area contributed by atoms with Crippen molar-refractivity contribution in [2.24, 2.45) is 0 Å². The fourth-order valence-electron chi connectivity index (χ4n) is 4.25. The summed E-state index contributed by atoms with van der Waals surface area (Å²) in [4.78, 5) is 26.4. The van der Waals surface area contributed by atoms with E-state index in [9.17, 15) is 9.59 Å². The molecule has 7 heteroatoms. The summed E-state index contributed by atoms with van der Waals surface area (Å²) in [6, 6.07) is 0. The van der Waals surface area contributed by atoms with Gasteiger partial charge < -0.3 is 15.0 Å². The van der Waals surface area contributed by atoms with Crippen LogP contribution in [0.4, 0.5) is 0 Å². The van der Waals surface area contributed by atoms with Crippen LogP contribution in [0.15, 0.2) is 0 Å². The second-order valence-corrected chi connectivity index (χ2v) is 7.31. The van der Waals surface area contributed by atoms with Crippen molar-refractivity contribution >= 4 is 11.8 Å². The Morgan fingerprint density at radius 1 is 1.42 bits per heavy atom. The number of rotatable bonds is 2.